The Bertz CT molecular complexity index is 1350. The number of para-hydroxylation sites is 1. The summed E-state index contributed by atoms with van der Waals surface area (Å²) < 4.78 is 13.4. The molecule has 2 aliphatic heterocycles. The third kappa shape index (κ3) is 4.47. The van der Waals surface area contributed by atoms with Crippen LogP contribution in [0.15, 0.2) is 54.7 Å². The van der Waals surface area contributed by atoms with Crippen LogP contribution < -0.4 is 4.74 Å². The molecule has 1 fully saturated rings. The molecule has 0 spiro atoms. The average molecular weight is 487 g/mol. The molecule has 186 valence electrons. The summed E-state index contributed by atoms with van der Waals surface area (Å²) in [5.41, 5.74) is 5.23. The van der Waals surface area contributed by atoms with E-state index in [1.54, 1.807) is 7.11 Å². The third-order valence-corrected chi connectivity index (χ3v) is 7.28. The molecule has 6 rings (SSSR count). The first kappa shape index (κ1) is 22.8. The Hall–Kier alpha value is -3.69. The van der Waals surface area contributed by atoms with Crippen molar-refractivity contribution < 1.29 is 14.3 Å². The average Bonchev–Trinajstić information content (AvgIpc) is 3.53. The van der Waals surface area contributed by atoms with Gasteiger partial charge in [-0.1, -0.05) is 35.5 Å². The molecule has 9 nitrogen and oxygen atoms in total. The Kier molecular flexibility index (Phi) is 6.16. The number of nitrogens with zero attached hydrogens (tertiary/aromatic N) is 5. The number of rotatable bonds is 6. The van der Waals surface area contributed by atoms with Crippen molar-refractivity contribution in [2.24, 2.45) is 0 Å². The van der Waals surface area contributed by atoms with Crippen LogP contribution in [-0.4, -0.2) is 69.0 Å². The van der Waals surface area contributed by atoms with Gasteiger partial charge >= 0.3 is 0 Å². The van der Waals surface area contributed by atoms with E-state index in [2.05, 4.69) is 26.3 Å². The number of benzene rings is 2. The fraction of sp³-hybridized carbons (Fsp3) is 0.370. The molecular weight excluding hydrogens is 456 g/mol. The number of nitrogens with one attached hydrogen (secondary N) is 1. The SMILES string of the molecule is COc1ccc([C@@H]2Cn3nnc(CN4CCN(C(=O)Cc5c[nH]c6ccccc56)CC4)c3CO2)cc1. The second kappa shape index (κ2) is 9.75. The van der Waals surface area contributed by atoms with E-state index in [4.69, 9.17) is 9.47 Å². The number of ether oxygens (including phenoxy) is 2. The first-order valence-electron chi connectivity index (χ1n) is 12.4. The molecule has 0 aliphatic carbocycles. The number of hydrogen-bond donors (Lipinski definition) is 1. The number of carbonyl (C=O) groups is 1. The fourth-order valence-corrected chi connectivity index (χ4v) is 5.13. The van der Waals surface area contributed by atoms with E-state index in [0.717, 1.165) is 71.9 Å². The molecule has 4 aromatic rings. The van der Waals surface area contributed by atoms with Gasteiger partial charge in [0.15, 0.2) is 0 Å². The maximum Gasteiger partial charge on any atom is 0.227 e. The lowest BCUT2D eigenvalue weighted by atomic mass is 10.1. The van der Waals surface area contributed by atoms with Gasteiger partial charge < -0.3 is 19.4 Å². The van der Waals surface area contributed by atoms with E-state index < -0.39 is 0 Å². The zero-order chi connectivity index (χ0) is 24.5. The highest BCUT2D eigenvalue weighted by atomic mass is 16.5. The molecule has 1 atom stereocenters. The number of carbonyl (C=O) groups excluding carboxylic acids is 1. The van der Waals surface area contributed by atoms with Gasteiger partial charge in [-0.15, -0.1) is 5.10 Å². The highest BCUT2D eigenvalue weighted by molar-refractivity contribution is 5.88. The van der Waals surface area contributed by atoms with Crippen molar-refractivity contribution in [3.63, 3.8) is 0 Å². The number of fused-ring (bicyclic) bond motifs is 2. The molecule has 4 heterocycles. The summed E-state index contributed by atoms with van der Waals surface area (Å²) in [6, 6.07) is 16.1. The maximum absolute atomic E-state index is 13.0. The van der Waals surface area contributed by atoms with Crippen molar-refractivity contribution in [3.8, 4) is 5.75 Å². The molecule has 1 saturated heterocycles. The van der Waals surface area contributed by atoms with Gasteiger partial charge in [-0.2, -0.15) is 0 Å². The number of H-pyrrole nitrogens is 1. The first-order valence-corrected chi connectivity index (χ1v) is 12.4. The number of hydrogen-bond acceptors (Lipinski definition) is 6. The zero-order valence-corrected chi connectivity index (χ0v) is 20.4. The maximum atomic E-state index is 13.0. The molecule has 0 saturated carbocycles. The Morgan fingerprint density at radius 1 is 1.11 bits per heavy atom. The van der Waals surface area contributed by atoms with E-state index in [1.165, 1.54) is 0 Å². The lowest BCUT2D eigenvalue weighted by molar-refractivity contribution is -0.132. The molecule has 1 N–H and O–H groups in total. The highest BCUT2D eigenvalue weighted by Crippen LogP contribution is 2.28. The fourth-order valence-electron chi connectivity index (χ4n) is 5.13. The van der Waals surface area contributed by atoms with Crippen molar-refractivity contribution in [3.05, 3.63) is 77.2 Å². The first-order chi connectivity index (χ1) is 17.7. The lowest BCUT2D eigenvalue weighted by Crippen LogP contribution is -2.48. The summed E-state index contributed by atoms with van der Waals surface area (Å²) in [5.74, 6) is 1.01. The van der Waals surface area contributed by atoms with Crippen molar-refractivity contribution in [2.45, 2.75) is 32.2 Å². The van der Waals surface area contributed by atoms with Crippen LogP contribution in [0.3, 0.4) is 0 Å². The van der Waals surface area contributed by atoms with E-state index in [9.17, 15) is 4.79 Å². The molecule has 0 radical (unpaired) electrons. The van der Waals surface area contributed by atoms with Gasteiger partial charge in [0.2, 0.25) is 5.91 Å². The van der Waals surface area contributed by atoms with Crippen molar-refractivity contribution in [1.29, 1.82) is 0 Å². The summed E-state index contributed by atoms with van der Waals surface area (Å²) in [5, 5.41) is 10.0. The molecule has 0 bridgehead atoms. The Balaban J connectivity index is 1.03. The Labute approximate surface area is 209 Å². The van der Waals surface area contributed by atoms with Gasteiger partial charge in [0.1, 0.15) is 17.5 Å². The molecule has 2 aromatic carbocycles. The number of aromatic amines is 1. The van der Waals surface area contributed by atoms with Crippen molar-refractivity contribution in [2.75, 3.05) is 33.3 Å². The number of aromatic nitrogens is 4. The molecule has 2 aromatic heterocycles. The monoisotopic (exact) mass is 486 g/mol. The normalized spacial score (nSPS) is 18.4. The van der Waals surface area contributed by atoms with Crippen LogP contribution in [0.25, 0.3) is 10.9 Å². The summed E-state index contributed by atoms with van der Waals surface area (Å²) in [7, 11) is 1.66. The minimum absolute atomic E-state index is 0.0512. The van der Waals surface area contributed by atoms with Crippen LogP contribution in [0.5, 0.6) is 5.75 Å². The Morgan fingerprint density at radius 2 is 1.92 bits per heavy atom. The number of methoxy groups -OCH3 is 1. The van der Waals surface area contributed by atoms with Crippen LogP contribution in [0.1, 0.15) is 28.6 Å². The second-order valence-corrected chi connectivity index (χ2v) is 9.43. The van der Waals surface area contributed by atoms with E-state index >= 15 is 0 Å². The molecule has 1 amide bonds. The molecule has 2 aliphatic rings. The Morgan fingerprint density at radius 3 is 2.72 bits per heavy atom. The predicted molar refractivity (Wildman–Crippen MR) is 134 cm³/mol. The number of piperazine rings is 1. The van der Waals surface area contributed by atoms with E-state index in [0.29, 0.717) is 19.6 Å². The molecule has 36 heavy (non-hydrogen) atoms. The predicted octanol–water partition coefficient (Wildman–Crippen LogP) is 2.93. The van der Waals surface area contributed by atoms with Crippen LogP contribution in [0.2, 0.25) is 0 Å². The molecular formula is C27H30N6O3. The summed E-state index contributed by atoms with van der Waals surface area (Å²) in [6.07, 6.45) is 2.33. The zero-order valence-electron chi connectivity index (χ0n) is 20.4. The highest BCUT2D eigenvalue weighted by Gasteiger charge is 2.27. The minimum atomic E-state index is -0.0512. The largest absolute Gasteiger partial charge is 0.497 e. The quantitative estimate of drug-likeness (QED) is 0.451. The van der Waals surface area contributed by atoms with Gasteiger partial charge in [-0.3, -0.25) is 9.69 Å². The van der Waals surface area contributed by atoms with Crippen molar-refractivity contribution in [1.82, 2.24) is 29.8 Å². The summed E-state index contributed by atoms with van der Waals surface area (Å²) in [4.78, 5) is 20.5. The summed E-state index contributed by atoms with van der Waals surface area (Å²) >= 11 is 0. The smallest absolute Gasteiger partial charge is 0.227 e. The van der Waals surface area contributed by atoms with Gasteiger partial charge in [0.05, 0.1) is 32.4 Å². The van der Waals surface area contributed by atoms with Crippen LogP contribution in [-0.2, 0) is 35.6 Å². The lowest BCUT2D eigenvalue weighted by Gasteiger charge is -2.34. The van der Waals surface area contributed by atoms with Crippen LogP contribution in [0.4, 0.5) is 0 Å². The van der Waals surface area contributed by atoms with Gasteiger partial charge in [-0.25, -0.2) is 4.68 Å². The summed E-state index contributed by atoms with van der Waals surface area (Å²) in [6.45, 7) is 4.94. The minimum Gasteiger partial charge on any atom is -0.497 e. The third-order valence-electron chi connectivity index (χ3n) is 7.28. The number of amides is 1. The second-order valence-electron chi connectivity index (χ2n) is 9.43. The van der Waals surface area contributed by atoms with Gasteiger partial charge in [-0.05, 0) is 29.3 Å². The van der Waals surface area contributed by atoms with Crippen LogP contribution >= 0.6 is 0 Å². The topological polar surface area (TPSA) is 88.5 Å². The van der Waals surface area contributed by atoms with E-state index in [1.807, 2.05) is 58.2 Å². The molecule has 9 heteroatoms. The van der Waals surface area contributed by atoms with Gasteiger partial charge in [0.25, 0.3) is 0 Å². The van der Waals surface area contributed by atoms with Crippen molar-refractivity contribution >= 4 is 16.8 Å². The standard InChI is InChI=1S/C27H30N6O3/c1-35-21-8-6-19(7-9-21)26-17-33-25(18-36-26)24(29-30-33)16-31-10-12-32(13-11-31)27(34)14-20-15-28-23-5-3-2-4-22(20)23/h2-9,15,26,28H,10-14,16-18H2,1H3/t26-/m0/s1. The molecule has 0 unspecified atom stereocenters. The van der Waals surface area contributed by atoms with Gasteiger partial charge in [0, 0.05) is 49.8 Å². The van der Waals surface area contributed by atoms with E-state index in [-0.39, 0.29) is 12.0 Å². The van der Waals surface area contributed by atoms with Crippen LogP contribution in [0, 0.1) is 0 Å².